The zero-order valence-corrected chi connectivity index (χ0v) is 18.8. The standard InChI is InChI=1S/C24H26FN5O4/c1-14(10-26-24(32)33)34-21-5-4-18(25)9-19(21)20(8-15-2-3-15)29-7-6-16-12-30-23(28-22(16)29)17(13-31)11-27-30/h4-5,9,11-15,20,26H,2-3,6-8,10H2,1H3,(H,32,33)/t14-,20?/m0/s1. The Balaban J connectivity index is 1.52. The molecule has 9 nitrogen and oxygen atoms in total. The van der Waals surface area contributed by atoms with E-state index in [0.717, 1.165) is 43.4 Å². The second kappa shape index (κ2) is 8.92. The summed E-state index contributed by atoms with van der Waals surface area (Å²) < 4.78 is 22.2. The maximum atomic E-state index is 14.5. The van der Waals surface area contributed by atoms with Crippen LogP contribution in [0, 0.1) is 11.7 Å². The number of anilines is 1. The van der Waals surface area contributed by atoms with Gasteiger partial charge in [0.2, 0.25) is 0 Å². The highest BCUT2D eigenvalue weighted by Crippen LogP contribution is 2.45. The number of fused-ring (bicyclic) bond motifs is 2. The van der Waals surface area contributed by atoms with Crippen molar-refractivity contribution in [2.75, 3.05) is 18.0 Å². The van der Waals surface area contributed by atoms with Gasteiger partial charge in [0.1, 0.15) is 23.5 Å². The first-order valence-electron chi connectivity index (χ1n) is 11.4. The van der Waals surface area contributed by atoms with Crippen LogP contribution in [-0.2, 0) is 6.42 Å². The van der Waals surface area contributed by atoms with Gasteiger partial charge in [0.15, 0.2) is 11.9 Å². The Morgan fingerprint density at radius 1 is 1.41 bits per heavy atom. The zero-order chi connectivity index (χ0) is 23.8. The molecule has 0 spiro atoms. The van der Waals surface area contributed by atoms with E-state index in [9.17, 15) is 14.0 Å². The first-order chi connectivity index (χ1) is 16.4. The number of aromatic nitrogens is 3. The van der Waals surface area contributed by atoms with Gasteiger partial charge in [-0.2, -0.15) is 5.10 Å². The number of halogens is 1. The van der Waals surface area contributed by atoms with E-state index in [1.807, 2.05) is 6.20 Å². The average molecular weight is 468 g/mol. The van der Waals surface area contributed by atoms with Gasteiger partial charge in [-0.1, -0.05) is 12.8 Å². The monoisotopic (exact) mass is 467 g/mol. The molecule has 34 heavy (non-hydrogen) atoms. The molecule has 2 aliphatic rings. The van der Waals surface area contributed by atoms with Crippen LogP contribution in [0.25, 0.3) is 5.65 Å². The lowest BCUT2D eigenvalue weighted by atomic mass is 9.98. The molecular formula is C24H26FN5O4. The SMILES string of the molecule is C[C@@H](CNC(=O)O)Oc1ccc(F)cc1C(CC1CC1)N1CCc2cn3ncc(C=O)c3nc21. The molecule has 1 amide bonds. The Labute approximate surface area is 195 Å². The van der Waals surface area contributed by atoms with Crippen LogP contribution in [-0.4, -0.2) is 51.3 Å². The fraction of sp³-hybridized carbons (Fsp3) is 0.417. The quantitative estimate of drug-likeness (QED) is 0.463. The maximum Gasteiger partial charge on any atom is 0.404 e. The zero-order valence-electron chi connectivity index (χ0n) is 18.8. The number of aldehydes is 1. The number of rotatable bonds is 9. The molecule has 2 atom stereocenters. The van der Waals surface area contributed by atoms with Gasteiger partial charge in [-0.15, -0.1) is 0 Å². The number of amides is 1. The van der Waals surface area contributed by atoms with Crippen LogP contribution >= 0.6 is 0 Å². The van der Waals surface area contributed by atoms with Crippen molar-refractivity contribution in [1.29, 1.82) is 0 Å². The van der Waals surface area contributed by atoms with Crippen molar-refractivity contribution in [2.45, 2.75) is 44.8 Å². The molecule has 178 valence electrons. The van der Waals surface area contributed by atoms with Crippen LogP contribution in [0.5, 0.6) is 5.75 Å². The van der Waals surface area contributed by atoms with Crippen LogP contribution in [0.1, 0.15) is 53.7 Å². The highest BCUT2D eigenvalue weighted by Gasteiger charge is 2.36. The molecule has 2 aromatic heterocycles. The molecule has 0 bridgehead atoms. The minimum absolute atomic E-state index is 0.112. The first-order valence-corrected chi connectivity index (χ1v) is 11.4. The number of carbonyl (C=O) groups excluding carboxylic acids is 1. The summed E-state index contributed by atoms with van der Waals surface area (Å²) in [5, 5.41) is 15.4. The summed E-state index contributed by atoms with van der Waals surface area (Å²) >= 11 is 0. The third-order valence-corrected chi connectivity index (χ3v) is 6.42. The minimum Gasteiger partial charge on any atom is -0.489 e. The van der Waals surface area contributed by atoms with Gasteiger partial charge in [0.05, 0.1) is 24.3 Å². The number of nitrogens with zero attached hydrogens (tertiary/aromatic N) is 4. The summed E-state index contributed by atoms with van der Waals surface area (Å²) in [4.78, 5) is 29.3. The lowest BCUT2D eigenvalue weighted by Gasteiger charge is -2.32. The Kier molecular flexibility index (Phi) is 5.80. The number of nitrogens with one attached hydrogen (secondary N) is 1. The van der Waals surface area contributed by atoms with E-state index >= 15 is 0 Å². The molecule has 3 heterocycles. The lowest BCUT2D eigenvalue weighted by molar-refractivity contribution is 0.112. The summed E-state index contributed by atoms with van der Waals surface area (Å²) in [6, 6.07) is 4.30. The second-order valence-electron chi connectivity index (χ2n) is 9.01. The number of hydrogen-bond donors (Lipinski definition) is 2. The third kappa shape index (κ3) is 4.40. The van der Waals surface area contributed by atoms with Crippen LogP contribution in [0.3, 0.4) is 0 Å². The summed E-state index contributed by atoms with van der Waals surface area (Å²) in [7, 11) is 0. The van der Waals surface area contributed by atoms with E-state index < -0.39 is 12.2 Å². The first kappa shape index (κ1) is 22.1. The predicted molar refractivity (Wildman–Crippen MR) is 122 cm³/mol. The molecule has 2 N–H and O–H groups in total. The van der Waals surface area contributed by atoms with Crippen molar-refractivity contribution >= 4 is 23.8 Å². The minimum atomic E-state index is -1.12. The molecule has 1 saturated carbocycles. The Bertz CT molecular complexity index is 1240. The van der Waals surface area contributed by atoms with Crippen molar-refractivity contribution in [3.8, 4) is 5.75 Å². The topological polar surface area (TPSA) is 109 Å². The lowest BCUT2D eigenvalue weighted by Crippen LogP contribution is -2.33. The van der Waals surface area contributed by atoms with E-state index in [0.29, 0.717) is 35.0 Å². The van der Waals surface area contributed by atoms with Crippen LogP contribution in [0.15, 0.2) is 30.6 Å². The Morgan fingerprint density at radius 2 is 2.24 bits per heavy atom. The molecule has 0 saturated heterocycles. The fourth-order valence-corrected chi connectivity index (χ4v) is 4.58. The van der Waals surface area contributed by atoms with Gasteiger partial charge in [0, 0.05) is 23.9 Å². The number of carbonyl (C=O) groups is 2. The molecule has 1 unspecified atom stereocenters. The van der Waals surface area contributed by atoms with Crippen LogP contribution < -0.4 is 15.0 Å². The third-order valence-electron chi connectivity index (χ3n) is 6.42. The summed E-state index contributed by atoms with van der Waals surface area (Å²) in [5.41, 5.74) is 2.65. The van der Waals surface area contributed by atoms with E-state index in [1.54, 1.807) is 17.5 Å². The van der Waals surface area contributed by atoms with Crippen molar-refractivity contribution < 1.29 is 23.8 Å². The average Bonchev–Trinajstić information content (AvgIpc) is 3.41. The van der Waals surface area contributed by atoms with E-state index in [1.165, 1.54) is 18.3 Å². The van der Waals surface area contributed by atoms with Crippen LogP contribution in [0.4, 0.5) is 15.0 Å². The van der Waals surface area contributed by atoms with Gasteiger partial charge in [-0.05, 0) is 43.9 Å². The molecule has 1 aromatic carbocycles. The Morgan fingerprint density at radius 3 is 2.97 bits per heavy atom. The van der Waals surface area contributed by atoms with Crippen LogP contribution in [0.2, 0.25) is 0 Å². The summed E-state index contributed by atoms with van der Waals surface area (Å²) in [6.07, 6.45) is 6.44. The number of carboxylic acid groups (broad SMARTS) is 1. The molecule has 0 radical (unpaired) electrons. The molecule has 3 aromatic rings. The van der Waals surface area contributed by atoms with Gasteiger partial charge in [0.25, 0.3) is 0 Å². The normalized spacial score (nSPS) is 16.8. The molecule has 10 heteroatoms. The van der Waals surface area contributed by atoms with Crippen molar-refractivity contribution in [3.05, 3.63) is 53.1 Å². The molecular weight excluding hydrogens is 441 g/mol. The molecule has 1 fully saturated rings. The van der Waals surface area contributed by atoms with E-state index in [2.05, 4.69) is 15.3 Å². The summed E-state index contributed by atoms with van der Waals surface area (Å²) in [5.74, 6) is 1.48. The number of hydrogen-bond acceptors (Lipinski definition) is 6. The van der Waals surface area contributed by atoms with Gasteiger partial charge >= 0.3 is 6.09 Å². The second-order valence-corrected chi connectivity index (χ2v) is 9.01. The van der Waals surface area contributed by atoms with Gasteiger partial charge in [-0.3, -0.25) is 4.79 Å². The molecule has 1 aliphatic heterocycles. The predicted octanol–water partition coefficient (Wildman–Crippen LogP) is 3.62. The fourth-order valence-electron chi connectivity index (χ4n) is 4.58. The largest absolute Gasteiger partial charge is 0.489 e. The smallest absolute Gasteiger partial charge is 0.404 e. The molecule has 1 aliphatic carbocycles. The van der Waals surface area contributed by atoms with Crippen molar-refractivity contribution in [1.82, 2.24) is 19.9 Å². The van der Waals surface area contributed by atoms with Gasteiger partial charge < -0.3 is 20.1 Å². The maximum absolute atomic E-state index is 14.5. The van der Waals surface area contributed by atoms with E-state index in [-0.39, 0.29) is 18.4 Å². The Hall–Kier alpha value is -3.69. The summed E-state index contributed by atoms with van der Waals surface area (Å²) in [6.45, 7) is 2.58. The number of ether oxygens (including phenoxy) is 1. The van der Waals surface area contributed by atoms with E-state index in [4.69, 9.17) is 14.8 Å². The van der Waals surface area contributed by atoms with Crippen molar-refractivity contribution in [2.24, 2.45) is 5.92 Å². The molecule has 5 rings (SSSR count). The number of benzene rings is 1. The van der Waals surface area contributed by atoms with Gasteiger partial charge in [-0.25, -0.2) is 18.7 Å². The highest BCUT2D eigenvalue weighted by molar-refractivity contribution is 5.84. The van der Waals surface area contributed by atoms with Crippen molar-refractivity contribution in [3.63, 3.8) is 0 Å². The highest BCUT2D eigenvalue weighted by atomic mass is 19.1.